The summed E-state index contributed by atoms with van der Waals surface area (Å²) in [7, 11) is -4.90. The molecule has 0 heterocycles. The highest BCUT2D eigenvalue weighted by molar-refractivity contribution is 7.46. The predicted molar refractivity (Wildman–Crippen MR) is 96.8 cm³/mol. The minimum absolute atomic E-state index is 0.250. The molecular weight excluding hydrogens is 347 g/mol. The molecule has 5 N–H and O–H groups in total. The van der Waals surface area contributed by atoms with Gasteiger partial charge in [0.05, 0.1) is 6.10 Å². The van der Waals surface area contributed by atoms with Gasteiger partial charge in [-0.05, 0) is 6.42 Å². The first kappa shape index (κ1) is 25.0. The molecule has 3 unspecified atom stereocenters. The lowest BCUT2D eigenvalue weighted by molar-refractivity contribution is -0.151. The van der Waals surface area contributed by atoms with E-state index in [4.69, 9.17) is 9.79 Å². The number of aliphatic hydroxyl groups excluding tert-OH is 3. The van der Waals surface area contributed by atoms with Crippen molar-refractivity contribution in [3.8, 4) is 0 Å². The van der Waals surface area contributed by atoms with Crippen molar-refractivity contribution in [3.63, 3.8) is 0 Å². The van der Waals surface area contributed by atoms with Crippen molar-refractivity contribution in [2.75, 3.05) is 0 Å². The summed E-state index contributed by atoms with van der Waals surface area (Å²) >= 11 is 0. The smallest absolute Gasteiger partial charge is 0.390 e. The zero-order chi connectivity index (χ0) is 19.1. The fourth-order valence-electron chi connectivity index (χ4n) is 2.76. The maximum Gasteiger partial charge on any atom is 0.472 e. The van der Waals surface area contributed by atoms with Gasteiger partial charge in [0, 0.05) is 0 Å². The normalized spacial score (nSPS) is 15.9. The second kappa shape index (κ2) is 15.1. The monoisotopic (exact) mass is 384 g/mol. The first-order valence-corrected chi connectivity index (χ1v) is 11.1. The van der Waals surface area contributed by atoms with E-state index >= 15 is 0 Å². The summed E-state index contributed by atoms with van der Waals surface area (Å²) in [4.78, 5) is 17.1. The summed E-state index contributed by atoms with van der Waals surface area (Å²) in [5, 5.41) is 28.6. The third kappa shape index (κ3) is 15.9. The highest BCUT2D eigenvalue weighted by Crippen LogP contribution is 2.38. The molecular formula is C17H37O7P. The molecule has 0 aliphatic carbocycles. The second-order valence-electron chi connectivity index (χ2n) is 6.72. The third-order valence-corrected chi connectivity index (χ3v) is 4.78. The van der Waals surface area contributed by atoms with Crippen molar-refractivity contribution in [1.82, 2.24) is 0 Å². The summed E-state index contributed by atoms with van der Waals surface area (Å²) in [6.45, 7) is 2.22. The lowest BCUT2D eigenvalue weighted by Gasteiger charge is -2.22. The van der Waals surface area contributed by atoms with E-state index in [0.29, 0.717) is 6.42 Å². The molecule has 25 heavy (non-hydrogen) atoms. The van der Waals surface area contributed by atoms with Crippen LogP contribution in [0.4, 0.5) is 0 Å². The molecule has 0 aliphatic heterocycles. The lowest BCUT2D eigenvalue weighted by Crippen LogP contribution is -2.38. The molecule has 0 spiro atoms. The lowest BCUT2D eigenvalue weighted by atomic mass is 10.0. The number of phosphoric acid groups is 1. The van der Waals surface area contributed by atoms with Crippen molar-refractivity contribution in [3.05, 3.63) is 0 Å². The topological polar surface area (TPSA) is 127 Å². The summed E-state index contributed by atoms with van der Waals surface area (Å²) in [5.74, 6) is 0. The Balaban J connectivity index is 3.51. The van der Waals surface area contributed by atoms with Gasteiger partial charge < -0.3 is 25.1 Å². The zero-order valence-corrected chi connectivity index (χ0v) is 16.3. The molecule has 8 heteroatoms. The van der Waals surface area contributed by atoms with Crippen LogP contribution in [0.25, 0.3) is 0 Å². The van der Waals surface area contributed by atoms with Gasteiger partial charge in [-0.3, -0.25) is 4.52 Å². The Labute approximate surface area is 151 Å². The molecule has 152 valence electrons. The first-order chi connectivity index (χ1) is 11.8. The van der Waals surface area contributed by atoms with Crippen LogP contribution < -0.4 is 0 Å². The highest BCUT2D eigenvalue weighted by Gasteiger charge is 2.30. The van der Waals surface area contributed by atoms with E-state index < -0.39 is 26.3 Å². The number of unbranched alkanes of at least 4 members (excludes halogenated alkanes) is 11. The van der Waals surface area contributed by atoms with Crippen LogP contribution >= 0.6 is 7.82 Å². The van der Waals surface area contributed by atoms with Gasteiger partial charge in [-0.2, -0.15) is 0 Å². The summed E-state index contributed by atoms with van der Waals surface area (Å²) in [6.07, 6.45) is 9.33. The van der Waals surface area contributed by atoms with Crippen LogP contribution in [-0.2, 0) is 9.09 Å². The van der Waals surface area contributed by atoms with E-state index in [1.54, 1.807) is 0 Å². The van der Waals surface area contributed by atoms with Crippen LogP contribution in [0.2, 0.25) is 0 Å². The van der Waals surface area contributed by atoms with Crippen molar-refractivity contribution < 1.29 is 34.2 Å². The standard InChI is InChI=1S/C17H37O7P/c1-2-3-4-5-6-7-8-9-10-11-12-13-14-15(18)16(19)17(20)24-25(21,22)23/h15-20H,2-14H2,1H3,(H2,21,22,23). The number of aliphatic hydroxyl groups is 3. The van der Waals surface area contributed by atoms with Crippen LogP contribution in [0.3, 0.4) is 0 Å². The molecule has 0 fully saturated rings. The molecule has 0 saturated carbocycles. The van der Waals surface area contributed by atoms with Crippen LogP contribution in [0, 0.1) is 0 Å². The summed E-state index contributed by atoms with van der Waals surface area (Å²) in [5.41, 5.74) is 0. The fourth-order valence-corrected chi connectivity index (χ4v) is 3.16. The number of phosphoric ester groups is 1. The molecule has 3 atom stereocenters. The minimum atomic E-state index is -4.90. The average Bonchev–Trinajstić information content (AvgIpc) is 2.53. The molecule has 0 aromatic heterocycles. The highest BCUT2D eigenvalue weighted by atomic mass is 31.2. The van der Waals surface area contributed by atoms with E-state index in [9.17, 15) is 19.9 Å². The SMILES string of the molecule is CCCCCCCCCCCCCCC(O)C(O)C(O)OP(=O)(O)O. The van der Waals surface area contributed by atoms with Crippen molar-refractivity contribution in [2.45, 2.75) is 109 Å². The largest absolute Gasteiger partial charge is 0.472 e. The Morgan fingerprint density at radius 3 is 1.56 bits per heavy atom. The Hall–Kier alpha value is -0.0100. The first-order valence-electron chi connectivity index (χ1n) is 9.56. The van der Waals surface area contributed by atoms with Crippen LogP contribution in [0.1, 0.15) is 90.4 Å². The summed E-state index contributed by atoms with van der Waals surface area (Å²) < 4.78 is 14.5. The van der Waals surface area contributed by atoms with Gasteiger partial charge in [0.15, 0.2) is 6.29 Å². The van der Waals surface area contributed by atoms with Crippen molar-refractivity contribution >= 4 is 7.82 Å². The average molecular weight is 384 g/mol. The maximum atomic E-state index is 10.6. The van der Waals surface area contributed by atoms with E-state index in [1.165, 1.54) is 51.4 Å². The Morgan fingerprint density at radius 1 is 0.760 bits per heavy atom. The molecule has 0 radical (unpaired) electrons. The van der Waals surface area contributed by atoms with Gasteiger partial charge in [0.25, 0.3) is 0 Å². The van der Waals surface area contributed by atoms with E-state index in [1.807, 2.05) is 0 Å². The van der Waals surface area contributed by atoms with E-state index in [-0.39, 0.29) is 6.42 Å². The van der Waals surface area contributed by atoms with Gasteiger partial charge in [-0.15, -0.1) is 0 Å². The van der Waals surface area contributed by atoms with Crippen molar-refractivity contribution in [1.29, 1.82) is 0 Å². The number of hydrogen-bond acceptors (Lipinski definition) is 5. The van der Waals surface area contributed by atoms with Crippen LogP contribution in [0.5, 0.6) is 0 Å². The number of rotatable bonds is 17. The van der Waals surface area contributed by atoms with Crippen molar-refractivity contribution in [2.24, 2.45) is 0 Å². The second-order valence-corrected chi connectivity index (χ2v) is 7.91. The predicted octanol–water partition coefficient (Wildman–Crippen LogP) is 3.23. The quantitative estimate of drug-likeness (QED) is 0.148. The van der Waals surface area contributed by atoms with Gasteiger partial charge in [0.1, 0.15) is 6.10 Å². The van der Waals surface area contributed by atoms with Gasteiger partial charge >= 0.3 is 7.82 Å². The molecule has 0 bridgehead atoms. The van der Waals surface area contributed by atoms with E-state index in [2.05, 4.69) is 11.4 Å². The molecule has 0 aliphatic rings. The third-order valence-electron chi connectivity index (χ3n) is 4.29. The maximum absolute atomic E-state index is 10.6. The van der Waals surface area contributed by atoms with E-state index in [0.717, 1.165) is 19.3 Å². The molecule has 0 aromatic carbocycles. The van der Waals surface area contributed by atoms with Gasteiger partial charge in [-0.25, -0.2) is 4.57 Å². The number of hydrogen-bond donors (Lipinski definition) is 5. The van der Waals surface area contributed by atoms with Gasteiger partial charge in [-0.1, -0.05) is 84.0 Å². The summed E-state index contributed by atoms with van der Waals surface area (Å²) in [6, 6.07) is 0. The Bertz CT molecular complexity index is 348. The molecule has 0 amide bonds. The Kier molecular flexibility index (Phi) is 15.1. The molecule has 0 aromatic rings. The molecule has 0 saturated heterocycles. The van der Waals surface area contributed by atoms with Gasteiger partial charge in [0.2, 0.25) is 0 Å². The van der Waals surface area contributed by atoms with Crippen LogP contribution in [-0.4, -0.2) is 43.6 Å². The zero-order valence-electron chi connectivity index (χ0n) is 15.4. The molecule has 7 nitrogen and oxygen atoms in total. The van der Waals surface area contributed by atoms with Crippen LogP contribution in [0.15, 0.2) is 0 Å². The molecule has 0 rings (SSSR count). The minimum Gasteiger partial charge on any atom is -0.390 e. The Morgan fingerprint density at radius 2 is 1.16 bits per heavy atom. The fraction of sp³-hybridized carbons (Fsp3) is 1.00.